The first kappa shape index (κ1) is 29.6. The molecule has 1 aromatic heterocycles. The number of benzene rings is 5. The number of hydrogen-bond donors (Lipinski definition) is 0. The Kier molecular flexibility index (Phi) is 8.41. The molecule has 1 heterocycles. The summed E-state index contributed by atoms with van der Waals surface area (Å²) in [6.45, 7) is 6.14. The van der Waals surface area contributed by atoms with E-state index in [0.29, 0.717) is 0 Å². The Morgan fingerprint density at radius 2 is 1.30 bits per heavy atom. The normalized spacial score (nSPS) is 13.4. The van der Waals surface area contributed by atoms with Crippen molar-refractivity contribution in [2.24, 2.45) is 0 Å². The highest BCUT2D eigenvalue weighted by atomic mass is 79.9. The molecule has 224 valence electrons. The summed E-state index contributed by atoms with van der Waals surface area (Å²) >= 11 is 3.58. The molecule has 0 saturated heterocycles. The number of allylic oxidation sites excluding steroid dienone is 8. The van der Waals surface area contributed by atoms with E-state index in [0.717, 1.165) is 34.4 Å². The van der Waals surface area contributed by atoms with Gasteiger partial charge in [-0.15, -0.1) is 0 Å². The zero-order valence-electron chi connectivity index (χ0n) is 25.9. The first-order chi connectivity index (χ1) is 22.6. The molecule has 0 N–H and O–H groups in total. The molecule has 1 aliphatic carbocycles. The number of rotatable bonds is 8. The van der Waals surface area contributed by atoms with Crippen molar-refractivity contribution in [2.75, 3.05) is 4.90 Å². The van der Waals surface area contributed by atoms with Crippen molar-refractivity contribution in [1.82, 2.24) is 4.57 Å². The van der Waals surface area contributed by atoms with Crippen LogP contribution in [-0.4, -0.2) is 4.57 Å². The van der Waals surface area contributed by atoms with Crippen LogP contribution < -0.4 is 4.90 Å². The molecule has 0 saturated carbocycles. The smallest absolute Gasteiger partial charge is 0.0541 e. The minimum absolute atomic E-state index is 1.01. The standard InChI is InChI=1S/C43H35BrN2/c1-3-5-12-36(4-2)45(37-13-8-6-9-14-37)39-25-19-32(20-26-39)34-22-28-43-41(30-34)40-29-33(31-17-23-35(44)24-18-31)21-27-42(40)46(43)38-15-10-7-11-16-38/h3-6,8-10,12-30H,2,7,11H2,1H3/b5-3-,36-12+. The first-order valence-corrected chi connectivity index (χ1v) is 16.6. The summed E-state index contributed by atoms with van der Waals surface area (Å²) in [6.07, 6.45) is 17.1. The van der Waals surface area contributed by atoms with Crippen molar-refractivity contribution >= 4 is 54.8 Å². The van der Waals surface area contributed by atoms with Crippen molar-refractivity contribution in [3.63, 3.8) is 0 Å². The summed E-state index contributed by atoms with van der Waals surface area (Å²) in [6, 6.07) is 41.6. The van der Waals surface area contributed by atoms with Crippen molar-refractivity contribution < 1.29 is 0 Å². The Bertz CT molecular complexity index is 2160. The number of aromatic nitrogens is 1. The maximum Gasteiger partial charge on any atom is 0.0541 e. The van der Waals surface area contributed by atoms with Crippen molar-refractivity contribution in [3.05, 3.63) is 175 Å². The molecule has 6 aromatic rings. The maximum atomic E-state index is 4.11. The first-order valence-electron chi connectivity index (χ1n) is 15.8. The van der Waals surface area contributed by atoms with Gasteiger partial charge in [-0.25, -0.2) is 0 Å². The van der Waals surface area contributed by atoms with Crippen LogP contribution in [0.3, 0.4) is 0 Å². The zero-order valence-corrected chi connectivity index (χ0v) is 27.5. The summed E-state index contributed by atoms with van der Waals surface area (Å²) in [5.41, 5.74) is 11.7. The van der Waals surface area contributed by atoms with Gasteiger partial charge in [-0.1, -0.05) is 101 Å². The van der Waals surface area contributed by atoms with Gasteiger partial charge < -0.3 is 9.47 Å². The molecule has 5 aromatic carbocycles. The van der Waals surface area contributed by atoms with Crippen LogP contribution in [0.15, 0.2) is 175 Å². The highest BCUT2D eigenvalue weighted by Gasteiger charge is 2.17. The van der Waals surface area contributed by atoms with Crippen LogP contribution >= 0.6 is 15.9 Å². The Morgan fingerprint density at radius 3 is 1.87 bits per heavy atom. The molecule has 2 nitrogen and oxygen atoms in total. The molecule has 1 aliphatic rings. The molecule has 0 aliphatic heterocycles. The van der Waals surface area contributed by atoms with Gasteiger partial charge >= 0.3 is 0 Å². The monoisotopic (exact) mass is 658 g/mol. The minimum atomic E-state index is 1.01. The van der Waals surface area contributed by atoms with Gasteiger partial charge in [0.25, 0.3) is 0 Å². The van der Waals surface area contributed by atoms with E-state index in [1.807, 2.05) is 31.2 Å². The summed E-state index contributed by atoms with van der Waals surface area (Å²) < 4.78 is 3.51. The molecule has 0 radical (unpaired) electrons. The number of nitrogens with zero attached hydrogens (tertiary/aromatic N) is 2. The largest absolute Gasteiger partial charge is 0.311 e. The highest BCUT2D eigenvalue weighted by Crippen LogP contribution is 2.39. The summed E-state index contributed by atoms with van der Waals surface area (Å²) in [5.74, 6) is 0. The van der Waals surface area contributed by atoms with Crippen LogP contribution in [0, 0.1) is 0 Å². The molecule has 0 amide bonds. The fraction of sp³-hybridized carbons (Fsp3) is 0.0698. The van der Waals surface area contributed by atoms with E-state index in [9.17, 15) is 0 Å². The lowest BCUT2D eigenvalue weighted by Crippen LogP contribution is -2.14. The van der Waals surface area contributed by atoms with E-state index in [1.54, 1.807) is 0 Å². The number of anilines is 2. The highest BCUT2D eigenvalue weighted by molar-refractivity contribution is 9.10. The molecule has 0 fully saturated rings. The average Bonchev–Trinajstić information content (AvgIpc) is 3.44. The quantitative estimate of drug-likeness (QED) is 0.148. The summed E-state index contributed by atoms with van der Waals surface area (Å²) in [4.78, 5) is 2.24. The van der Waals surface area contributed by atoms with Crippen molar-refractivity contribution in [2.45, 2.75) is 19.8 Å². The van der Waals surface area contributed by atoms with Crippen molar-refractivity contribution in [1.29, 1.82) is 0 Å². The van der Waals surface area contributed by atoms with E-state index < -0.39 is 0 Å². The number of para-hydroxylation sites is 1. The van der Waals surface area contributed by atoms with Crippen LogP contribution in [0.5, 0.6) is 0 Å². The topological polar surface area (TPSA) is 8.17 Å². The van der Waals surface area contributed by atoms with E-state index in [2.05, 4.69) is 165 Å². The van der Waals surface area contributed by atoms with Crippen LogP contribution in [0.2, 0.25) is 0 Å². The molecule has 0 atom stereocenters. The predicted octanol–water partition coefficient (Wildman–Crippen LogP) is 12.9. The molecule has 0 spiro atoms. The Hall–Kier alpha value is -5.12. The van der Waals surface area contributed by atoms with E-state index in [1.165, 1.54) is 49.8 Å². The molecule has 46 heavy (non-hydrogen) atoms. The van der Waals surface area contributed by atoms with Gasteiger partial charge in [0, 0.05) is 38.0 Å². The maximum absolute atomic E-state index is 4.11. The molecule has 7 rings (SSSR count). The van der Waals surface area contributed by atoms with Gasteiger partial charge in [-0.2, -0.15) is 0 Å². The second-order valence-electron chi connectivity index (χ2n) is 11.5. The van der Waals surface area contributed by atoms with Gasteiger partial charge in [0.1, 0.15) is 0 Å². The molecule has 0 unspecified atom stereocenters. The predicted molar refractivity (Wildman–Crippen MR) is 202 cm³/mol. The van der Waals surface area contributed by atoms with Gasteiger partial charge in [-0.05, 0) is 121 Å². The number of halogens is 1. The Labute approximate surface area is 279 Å². The summed E-state index contributed by atoms with van der Waals surface area (Å²) in [7, 11) is 0. The Morgan fingerprint density at radius 1 is 0.717 bits per heavy atom. The molecule has 0 bridgehead atoms. The average molecular weight is 660 g/mol. The number of hydrogen-bond acceptors (Lipinski definition) is 1. The fourth-order valence-electron chi connectivity index (χ4n) is 6.32. The minimum Gasteiger partial charge on any atom is -0.311 e. The third-order valence-corrected chi connectivity index (χ3v) is 9.10. The van der Waals surface area contributed by atoms with Gasteiger partial charge in [-0.3, -0.25) is 0 Å². The van der Waals surface area contributed by atoms with Gasteiger partial charge in [0.05, 0.1) is 11.0 Å². The lowest BCUT2D eigenvalue weighted by Gasteiger charge is -2.26. The molecule has 3 heteroatoms. The van der Waals surface area contributed by atoms with E-state index in [4.69, 9.17) is 0 Å². The fourth-order valence-corrected chi connectivity index (χ4v) is 6.59. The third kappa shape index (κ3) is 5.71. The lowest BCUT2D eigenvalue weighted by molar-refractivity contribution is 1.02. The Balaban J connectivity index is 1.34. The third-order valence-electron chi connectivity index (χ3n) is 8.58. The second kappa shape index (κ2) is 13.1. The van der Waals surface area contributed by atoms with Crippen LogP contribution in [0.4, 0.5) is 11.4 Å². The zero-order chi connectivity index (χ0) is 31.5. The van der Waals surface area contributed by atoms with Gasteiger partial charge in [0.15, 0.2) is 0 Å². The molecular weight excluding hydrogens is 624 g/mol. The van der Waals surface area contributed by atoms with Crippen LogP contribution in [-0.2, 0) is 0 Å². The van der Waals surface area contributed by atoms with E-state index >= 15 is 0 Å². The lowest BCUT2D eigenvalue weighted by atomic mass is 10.00. The summed E-state index contributed by atoms with van der Waals surface area (Å²) in [5, 5.41) is 2.51. The molecular formula is C43H35BrN2. The van der Waals surface area contributed by atoms with Crippen molar-refractivity contribution in [3.8, 4) is 22.3 Å². The van der Waals surface area contributed by atoms with Crippen LogP contribution in [0.1, 0.15) is 19.8 Å². The van der Waals surface area contributed by atoms with Crippen LogP contribution in [0.25, 0.3) is 49.8 Å². The van der Waals surface area contributed by atoms with Gasteiger partial charge in [0.2, 0.25) is 0 Å². The number of fused-ring (bicyclic) bond motifs is 3. The van der Waals surface area contributed by atoms with E-state index in [-0.39, 0.29) is 0 Å². The SMILES string of the molecule is C=C/C(=C\C=C/C)N(c1ccccc1)c1ccc(-c2ccc3c(c2)c2cc(-c4ccc(Br)cc4)ccc2n3C2=CCCC=C2)cc1. The second-order valence-corrected chi connectivity index (χ2v) is 12.4.